The molecule has 0 aliphatic carbocycles. The quantitative estimate of drug-likeness (QED) is 0.772. The second kappa shape index (κ2) is 5.05. The highest BCUT2D eigenvalue weighted by Gasteiger charge is 2.08. The largest absolute Gasteiger partial charge is 0.305 e. The predicted molar refractivity (Wildman–Crippen MR) is 76.5 cm³/mol. The molecule has 0 aromatic carbocycles. The van der Waals surface area contributed by atoms with Crippen LogP contribution in [0, 0.1) is 6.92 Å². The Morgan fingerprint density at radius 1 is 1.15 bits per heavy atom. The highest BCUT2D eigenvalue weighted by molar-refractivity contribution is 6.02. The zero-order valence-electron chi connectivity index (χ0n) is 10.9. The van der Waals surface area contributed by atoms with Crippen molar-refractivity contribution >= 4 is 22.6 Å². The van der Waals surface area contributed by atoms with Gasteiger partial charge in [-0.1, -0.05) is 0 Å². The van der Waals surface area contributed by atoms with Gasteiger partial charge in [-0.2, -0.15) is 0 Å². The molecule has 5 nitrogen and oxygen atoms in total. The molecule has 3 aromatic heterocycles. The van der Waals surface area contributed by atoms with Crippen LogP contribution in [0.15, 0.2) is 48.9 Å². The van der Waals surface area contributed by atoms with E-state index in [0.29, 0.717) is 11.5 Å². The molecular weight excluding hydrogens is 252 g/mol. The number of amides is 1. The van der Waals surface area contributed by atoms with Crippen molar-refractivity contribution in [2.45, 2.75) is 6.92 Å². The molecule has 3 rings (SSSR count). The molecule has 98 valence electrons. The van der Waals surface area contributed by atoms with Crippen LogP contribution in [0.5, 0.6) is 0 Å². The summed E-state index contributed by atoms with van der Waals surface area (Å²) in [5.74, 6) is 0.228. The summed E-state index contributed by atoms with van der Waals surface area (Å²) in [6, 6.07) is 9.00. The number of hydrogen-bond acceptors (Lipinski definition) is 4. The molecule has 0 spiro atoms. The van der Waals surface area contributed by atoms with Gasteiger partial charge < -0.3 is 5.32 Å². The number of anilines is 1. The van der Waals surface area contributed by atoms with E-state index in [1.165, 1.54) is 0 Å². The summed E-state index contributed by atoms with van der Waals surface area (Å²) < 4.78 is 0. The van der Waals surface area contributed by atoms with Gasteiger partial charge in [0.05, 0.1) is 5.52 Å². The first-order chi connectivity index (χ1) is 9.72. The number of aromatic nitrogens is 3. The number of rotatable bonds is 2. The van der Waals surface area contributed by atoms with Crippen LogP contribution in [0.4, 0.5) is 5.82 Å². The lowest BCUT2D eigenvalue weighted by Crippen LogP contribution is -2.14. The van der Waals surface area contributed by atoms with Crippen molar-refractivity contribution in [1.29, 1.82) is 0 Å². The van der Waals surface area contributed by atoms with Crippen molar-refractivity contribution in [2.24, 2.45) is 0 Å². The number of aryl methyl sites for hydroxylation is 1. The van der Waals surface area contributed by atoms with Gasteiger partial charge in [0.25, 0.3) is 5.91 Å². The van der Waals surface area contributed by atoms with E-state index in [-0.39, 0.29) is 5.91 Å². The average Bonchev–Trinajstić information content (AvgIpc) is 2.47. The van der Waals surface area contributed by atoms with E-state index < -0.39 is 0 Å². The molecule has 0 saturated heterocycles. The number of carbonyl (C=O) groups is 1. The Hall–Kier alpha value is -2.82. The van der Waals surface area contributed by atoms with E-state index in [2.05, 4.69) is 20.3 Å². The molecule has 0 bridgehead atoms. The molecule has 0 saturated carbocycles. The second-order valence-electron chi connectivity index (χ2n) is 4.44. The van der Waals surface area contributed by atoms with Crippen molar-refractivity contribution in [2.75, 3.05) is 5.32 Å². The highest BCUT2D eigenvalue weighted by Crippen LogP contribution is 2.14. The van der Waals surface area contributed by atoms with Crippen molar-refractivity contribution in [3.05, 3.63) is 60.2 Å². The molecule has 5 heteroatoms. The van der Waals surface area contributed by atoms with Crippen LogP contribution in [-0.4, -0.2) is 20.9 Å². The lowest BCUT2D eigenvalue weighted by Gasteiger charge is -2.05. The van der Waals surface area contributed by atoms with Crippen LogP contribution in [0.25, 0.3) is 10.9 Å². The van der Waals surface area contributed by atoms with Gasteiger partial charge in [0.15, 0.2) is 0 Å². The number of carbonyl (C=O) groups excluding carboxylic acids is 1. The second-order valence-corrected chi connectivity index (χ2v) is 4.44. The van der Waals surface area contributed by atoms with Crippen molar-refractivity contribution in [3.63, 3.8) is 0 Å². The molecule has 20 heavy (non-hydrogen) atoms. The standard InChI is InChI=1S/C15H12N4O/c1-10-4-7-17-13(8-10)15(20)19-14-3-2-11-9-16-6-5-12(11)18-14/h2-9H,1H3,(H,18,19,20). The Kier molecular flexibility index (Phi) is 3.09. The maximum absolute atomic E-state index is 12.1. The van der Waals surface area contributed by atoms with Gasteiger partial charge in [0, 0.05) is 24.0 Å². The number of nitrogens with one attached hydrogen (secondary N) is 1. The first-order valence-corrected chi connectivity index (χ1v) is 6.17. The topological polar surface area (TPSA) is 67.8 Å². The van der Waals surface area contributed by atoms with Crippen LogP contribution in [-0.2, 0) is 0 Å². The van der Waals surface area contributed by atoms with Crippen molar-refractivity contribution < 1.29 is 4.79 Å². The maximum atomic E-state index is 12.1. The summed E-state index contributed by atoms with van der Waals surface area (Å²) in [5.41, 5.74) is 2.15. The summed E-state index contributed by atoms with van der Waals surface area (Å²) in [4.78, 5) is 24.5. The molecular formula is C15H12N4O. The molecule has 0 fully saturated rings. The van der Waals surface area contributed by atoms with E-state index >= 15 is 0 Å². The summed E-state index contributed by atoms with van der Waals surface area (Å²) in [6.07, 6.45) is 5.02. The fourth-order valence-electron chi connectivity index (χ4n) is 1.88. The Morgan fingerprint density at radius 3 is 2.90 bits per heavy atom. The zero-order chi connectivity index (χ0) is 13.9. The van der Waals surface area contributed by atoms with E-state index in [1.807, 2.05) is 19.1 Å². The lowest BCUT2D eigenvalue weighted by molar-refractivity contribution is 0.102. The lowest BCUT2D eigenvalue weighted by atomic mass is 10.2. The van der Waals surface area contributed by atoms with E-state index in [4.69, 9.17) is 0 Å². The minimum absolute atomic E-state index is 0.269. The average molecular weight is 264 g/mol. The van der Waals surface area contributed by atoms with Gasteiger partial charge in [-0.25, -0.2) is 4.98 Å². The third kappa shape index (κ3) is 2.47. The fourth-order valence-corrected chi connectivity index (χ4v) is 1.88. The van der Waals surface area contributed by atoms with Crippen LogP contribution in [0.1, 0.15) is 16.1 Å². The molecule has 0 aliphatic rings. The van der Waals surface area contributed by atoms with Gasteiger partial charge in [-0.05, 0) is 42.8 Å². The Morgan fingerprint density at radius 2 is 2.05 bits per heavy atom. The van der Waals surface area contributed by atoms with E-state index in [0.717, 1.165) is 16.5 Å². The molecule has 0 unspecified atom stereocenters. The van der Waals surface area contributed by atoms with Gasteiger partial charge in [-0.3, -0.25) is 14.8 Å². The third-order valence-corrected chi connectivity index (χ3v) is 2.88. The third-order valence-electron chi connectivity index (χ3n) is 2.88. The van der Waals surface area contributed by atoms with E-state index in [9.17, 15) is 4.79 Å². The van der Waals surface area contributed by atoms with Gasteiger partial charge >= 0.3 is 0 Å². The minimum Gasteiger partial charge on any atom is -0.305 e. The van der Waals surface area contributed by atoms with E-state index in [1.54, 1.807) is 36.8 Å². The first-order valence-electron chi connectivity index (χ1n) is 6.17. The number of hydrogen-bond donors (Lipinski definition) is 1. The SMILES string of the molecule is Cc1ccnc(C(=O)Nc2ccc3cnccc3n2)c1. The summed E-state index contributed by atoms with van der Waals surface area (Å²) >= 11 is 0. The summed E-state index contributed by atoms with van der Waals surface area (Å²) in [5, 5.41) is 3.67. The fraction of sp³-hybridized carbons (Fsp3) is 0.0667. The molecule has 0 radical (unpaired) electrons. The summed E-state index contributed by atoms with van der Waals surface area (Å²) in [7, 11) is 0. The number of fused-ring (bicyclic) bond motifs is 1. The molecule has 0 aliphatic heterocycles. The Balaban J connectivity index is 1.87. The van der Waals surface area contributed by atoms with Gasteiger partial charge in [-0.15, -0.1) is 0 Å². The first kappa shape index (κ1) is 12.2. The molecule has 3 aromatic rings. The predicted octanol–water partition coefficient (Wildman–Crippen LogP) is 2.59. The van der Waals surface area contributed by atoms with Crippen molar-refractivity contribution in [1.82, 2.24) is 15.0 Å². The molecule has 1 amide bonds. The summed E-state index contributed by atoms with van der Waals surface area (Å²) in [6.45, 7) is 1.92. The number of pyridine rings is 3. The smallest absolute Gasteiger partial charge is 0.275 e. The molecule has 3 heterocycles. The molecule has 0 atom stereocenters. The monoisotopic (exact) mass is 264 g/mol. The Labute approximate surface area is 115 Å². The maximum Gasteiger partial charge on any atom is 0.275 e. The van der Waals surface area contributed by atoms with Crippen LogP contribution in [0.2, 0.25) is 0 Å². The van der Waals surface area contributed by atoms with Gasteiger partial charge in [0.1, 0.15) is 11.5 Å². The van der Waals surface area contributed by atoms with Gasteiger partial charge in [0.2, 0.25) is 0 Å². The van der Waals surface area contributed by atoms with Crippen LogP contribution >= 0.6 is 0 Å². The van der Waals surface area contributed by atoms with Crippen molar-refractivity contribution in [3.8, 4) is 0 Å². The van der Waals surface area contributed by atoms with Crippen LogP contribution in [0.3, 0.4) is 0 Å². The van der Waals surface area contributed by atoms with Crippen LogP contribution < -0.4 is 5.32 Å². The Bertz CT molecular complexity index is 785. The number of nitrogens with zero attached hydrogens (tertiary/aromatic N) is 3. The minimum atomic E-state index is -0.269. The normalized spacial score (nSPS) is 10.4. The molecule has 1 N–H and O–H groups in total. The highest BCUT2D eigenvalue weighted by atomic mass is 16.1. The zero-order valence-corrected chi connectivity index (χ0v) is 10.9.